The molecule has 4 nitrogen and oxygen atoms in total. The average Bonchev–Trinajstić information content (AvgIpc) is 2.47. The fourth-order valence-electron chi connectivity index (χ4n) is 2.18. The Morgan fingerprint density at radius 3 is 2.85 bits per heavy atom. The van der Waals surface area contributed by atoms with Crippen LogP contribution in [0.4, 0.5) is 0 Å². The number of ether oxygens (including phenoxy) is 1. The number of carbonyl (C=O) groups excluding carboxylic acids is 1. The first kappa shape index (κ1) is 15.4. The molecule has 1 aromatic carbocycles. The second kappa shape index (κ2) is 7.74. The SMILES string of the molecule is Cc1cc(C(=O)CNCCN2CCOCC2)ccc1Cl. The lowest BCUT2D eigenvalue weighted by atomic mass is 10.1. The van der Waals surface area contributed by atoms with Gasteiger partial charge in [0, 0.05) is 36.8 Å². The Hall–Kier alpha value is -0.940. The first-order valence-corrected chi connectivity index (χ1v) is 7.35. The molecule has 0 amide bonds. The van der Waals surface area contributed by atoms with Gasteiger partial charge in [0.25, 0.3) is 0 Å². The highest BCUT2D eigenvalue weighted by Gasteiger charge is 2.10. The molecule has 0 bridgehead atoms. The molecular weight excluding hydrogens is 276 g/mol. The summed E-state index contributed by atoms with van der Waals surface area (Å²) in [6.07, 6.45) is 0. The molecule has 0 saturated carbocycles. The van der Waals surface area contributed by atoms with Crippen LogP contribution < -0.4 is 5.32 Å². The number of hydrogen-bond donors (Lipinski definition) is 1. The first-order chi connectivity index (χ1) is 9.66. The van der Waals surface area contributed by atoms with Gasteiger partial charge >= 0.3 is 0 Å². The molecule has 1 N–H and O–H groups in total. The number of nitrogens with zero attached hydrogens (tertiary/aromatic N) is 1. The van der Waals surface area contributed by atoms with Crippen LogP contribution in [0.15, 0.2) is 18.2 Å². The van der Waals surface area contributed by atoms with E-state index in [9.17, 15) is 4.79 Å². The predicted molar refractivity (Wildman–Crippen MR) is 80.6 cm³/mol. The minimum absolute atomic E-state index is 0.103. The molecule has 0 radical (unpaired) electrons. The molecule has 1 aliphatic rings. The molecule has 0 aromatic heterocycles. The van der Waals surface area contributed by atoms with Crippen LogP contribution in [0.5, 0.6) is 0 Å². The Balaban J connectivity index is 1.70. The van der Waals surface area contributed by atoms with Gasteiger partial charge in [0.15, 0.2) is 5.78 Å². The zero-order valence-electron chi connectivity index (χ0n) is 11.8. The number of benzene rings is 1. The van der Waals surface area contributed by atoms with Gasteiger partial charge in [0.1, 0.15) is 0 Å². The van der Waals surface area contributed by atoms with Gasteiger partial charge in [-0.15, -0.1) is 0 Å². The van der Waals surface area contributed by atoms with Crippen molar-refractivity contribution >= 4 is 17.4 Å². The van der Waals surface area contributed by atoms with Crippen molar-refractivity contribution in [3.05, 3.63) is 34.3 Å². The van der Waals surface area contributed by atoms with Crippen LogP contribution in [0, 0.1) is 6.92 Å². The maximum atomic E-state index is 12.0. The molecule has 110 valence electrons. The van der Waals surface area contributed by atoms with Gasteiger partial charge in [-0.25, -0.2) is 0 Å². The van der Waals surface area contributed by atoms with Crippen LogP contribution in [0.2, 0.25) is 5.02 Å². The summed E-state index contributed by atoms with van der Waals surface area (Å²) < 4.78 is 5.30. The quantitative estimate of drug-likeness (QED) is 0.641. The minimum Gasteiger partial charge on any atom is -0.379 e. The lowest BCUT2D eigenvalue weighted by Gasteiger charge is -2.26. The lowest BCUT2D eigenvalue weighted by molar-refractivity contribution is 0.0384. The van der Waals surface area contributed by atoms with Crippen LogP contribution >= 0.6 is 11.6 Å². The number of nitrogens with one attached hydrogen (secondary N) is 1. The summed E-state index contributed by atoms with van der Waals surface area (Å²) in [5.74, 6) is 0.103. The molecular formula is C15H21ClN2O2. The van der Waals surface area contributed by atoms with E-state index in [1.807, 2.05) is 13.0 Å². The van der Waals surface area contributed by atoms with E-state index in [1.54, 1.807) is 12.1 Å². The minimum atomic E-state index is 0.103. The van der Waals surface area contributed by atoms with Crippen molar-refractivity contribution in [1.82, 2.24) is 10.2 Å². The summed E-state index contributed by atoms with van der Waals surface area (Å²) in [5.41, 5.74) is 1.65. The van der Waals surface area contributed by atoms with Gasteiger partial charge in [-0.05, 0) is 30.7 Å². The number of halogens is 1. The molecule has 1 saturated heterocycles. The highest BCUT2D eigenvalue weighted by Crippen LogP contribution is 2.16. The van der Waals surface area contributed by atoms with Crippen molar-refractivity contribution in [1.29, 1.82) is 0 Å². The fourth-order valence-corrected chi connectivity index (χ4v) is 2.30. The summed E-state index contributed by atoms with van der Waals surface area (Å²) in [6, 6.07) is 5.40. The monoisotopic (exact) mass is 296 g/mol. The molecule has 1 fully saturated rings. The van der Waals surface area contributed by atoms with Gasteiger partial charge in [-0.3, -0.25) is 9.69 Å². The van der Waals surface area contributed by atoms with Gasteiger partial charge in [0.2, 0.25) is 0 Å². The van der Waals surface area contributed by atoms with Gasteiger partial charge in [-0.1, -0.05) is 11.6 Å². The van der Waals surface area contributed by atoms with E-state index in [4.69, 9.17) is 16.3 Å². The van der Waals surface area contributed by atoms with Crippen LogP contribution in [-0.4, -0.2) is 56.6 Å². The van der Waals surface area contributed by atoms with Gasteiger partial charge in [-0.2, -0.15) is 0 Å². The summed E-state index contributed by atoms with van der Waals surface area (Å²) in [6.45, 7) is 7.62. The number of carbonyl (C=O) groups is 1. The number of morpholine rings is 1. The predicted octanol–water partition coefficient (Wildman–Crippen LogP) is 1.75. The molecule has 1 aliphatic heterocycles. The number of aryl methyl sites for hydroxylation is 1. The third-order valence-electron chi connectivity index (χ3n) is 3.47. The molecule has 5 heteroatoms. The first-order valence-electron chi connectivity index (χ1n) is 6.97. The molecule has 0 aliphatic carbocycles. The second-order valence-electron chi connectivity index (χ2n) is 5.02. The number of ketones is 1. The molecule has 20 heavy (non-hydrogen) atoms. The summed E-state index contributed by atoms with van der Waals surface area (Å²) in [4.78, 5) is 14.4. The van der Waals surface area contributed by atoms with E-state index in [2.05, 4.69) is 10.2 Å². The Labute approximate surface area is 125 Å². The smallest absolute Gasteiger partial charge is 0.176 e. The Morgan fingerprint density at radius 2 is 2.15 bits per heavy atom. The maximum Gasteiger partial charge on any atom is 0.176 e. The van der Waals surface area contributed by atoms with Crippen LogP contribution in [0.3, 0.4) is 0 Å². The number of Topliss-reactive ketones (excluding diaryl/α,β-unsaturated/α-hetero) is 1. The van der Waals surface area contributed by atoms with Crippen LogP contribution in [-0.2, 0) is 4.74 Å². The Kier molecular flexibility index (Phi) is 5.98. The van der Waals surface area contributed by atoms with Crippen molar-refractivity contribution in [2.24, 2.45) is 0 Å². The van der Waals surface area contributed by atoms with E-state index < -0.39 is 0 Å². The van der Waals surface area contributed by atoms with E-state index in [1.165, 1.54) is 0 Å². The van der Waals surface area contributed by atoms with Crippen LogP contribution in [0.1, 0.15) is 15.9 Å². The van der Waals surface area contributed by atoms with Crippen molar-refractivity contribution in [3.8, 4) is 0 Å². The van der Waals surface area contributed by atoms with Crippen molar-refractivity contribution in [2.45, 2.75) is 6.92 Å². The maximum absolute atomic E-state index is 12.0. The third-order valence-corrected chi connectivity index (χ3v) is 3.90. The molecule has 0 unspecified atom stereocenters. The number of hydrogen-bond acceptors (Lipinski definition) is 4. The average molecular weight is 297 g/mol. The topological polar surface area (TPSA) is 41.6 Å². The summed E-state index contributed by atoms with van der Waals surface area (Å²) in [7, 11) is 0. The number of rotatable bonds is 6. The van der Waals surface area contributed by atoms with E-state index in [0.717, 1.165) is 45.0 Å². The highest BCUT2D eigenvalue weighted by atomic mass is 35.5. The fraction of sp³-hybridized carbons (Fsp3) is 0.533. The Bertz CT molecular complexity index is 459. The lowest BCUT2D eigenvalue weighted by Crippen LogP contribution is -2.41. The molecule has 1 heterocycles. The van der Waals surface area contributed by atoms with Gasteiger partial charge < -0.3 is 10.1 Å². The van der Waals surface area contributed by atoms with Crippen molar-refractivity contribution in [3.63, 3.8) is 0 Å². The van der Waals surface area contributed by atoms with Crippen molar-refractivity contribution < 1.29 is 9.53 Å². The molecule has 2 rings (SSSR count). The standard InChI is InChI=1S/C15H21ClN2O2/c1-12-10-13(2-3-14(12)16)15(19)11-17-4-5-18-6-8-20-9-7-18/h2-3,10,17H,4-9,11H2,1H3. The summed E-state index contributed by atoms with van der Waals surface area (Å²) >= 11 is 5.96. The van der Waals surface area contributed by atoms with Crippen molar-refractivity contribution in [2.75, 3.05) is 45.9 Å². The zero-order chi connectivity index (χ0) is 14.4. The van der Waals surface area contributed by atoms with E-state index in [-0.39, 0.29) is 5.78 Å². The third kappa shape index (κ3) is 4.56. The summed E-state index contributed by atoms with van der Waals surface area (Å²) in [5, 5.41) is 3.90. The second-order valence-corrected chi connectivity index (χ2v) is 5.43. The van der Waals surface area contributed by atoms with E-state index in [0.29, 0.717) is 17.1 Å². The Morgan fingerprint density at radius 1 is 1.40 bits per heavy atom. The molecule has 0 spiro atoms. The molecule has 1 aromatic rings. The van der Waals surface area contributed by atoms with Gasteiger partial charge in [0.05, 0.1) is 19.8 Å². The largest absolute Gasteiger partial charge is 0.379 e. The van der Waals surface area contributed by atoms with Crippen LogP contribution in [0.25, 0.3) is 0 Å². The van der Waals surface area contributed by atoms with E-state index >= 15 is 0 Å². The molecule has 0 atom stereocenters. The zero-order valence-corrected chi connectivity index (χ0v) is 12.6. The normalized spacial score (nSPS) is 16.3. The highest BCUT2D eigenvalue weighted by molar-refractivity contribution is 6.31.